The van der Waals surface area contributed by atoms with Crippen LogP contribution in [0.4, 0.5) is 0 Å². The van der Waals surface area contributed by atoms with E-state index in [-0.39, 0.29) is 0 Å². The summed E-state index contributed by atoms with van der Waals surface area (Å²) in [6, 6.07) is 0. The van der Waals surface area contributed by atoms with Crippen LogP contribution >= 0.6 is 0 Å². The van der Waals surface area contributed by atoms with Gasteiger partial charge in [-0.15, -0.1) is 0 Å². The molecule has 2 saturated heterocycles. The van der Waals surface area contributed by atoms with Crippen molar-refractivity contribution in [3.8, 4) is 0 Å². The second-order valence-electron chi connectivity index (χ2n) is 4.12. The van der Waals surface area contributed by atoms with Gasteiger partial charge < -0.3 is 15.4 Å². The van der Waals surface area contributed by atoms with Gasteiger partial charge in [-0.05, 0) is 19.4 Å². The summed E-state index contributed by atoms with van der Waals surface area (Å²) in [6.07, 6.45) is 2.57. The monoisotopic (exact) mass is 170 g/mol. The lowest BCUT2D eigenvalue weighted by Gasteiger charge is -2.21. The van der Waals surface area contributed by atoms with Gasteiger partial charge in [-0.2, -0.15) is 0 Å². The van der Waals surface area contributed by atoms with Crippen LogP contribution < -0.4 is 5.73 Å². The van der Waals surface area contributed by atoms with Gasteiger partial charge in [0.25, 0.3) is 0 Å². The van der Waals surface area contributed by atoms with Gasteiger partial charge in [-0.25, -0.2) is 0 Å². The Kier molecular flexibility index (Phi) is 2.35. The summed E-state index contributed by atoms with van der Waals surface area (Å²) in [5.74, 6) is 0. The summed E-state index contributed by atoms with van der Waals surface area (Å²) in [5.41, 5.74) is 6.03. The Morgan fingerprint density at radius 1 is 1.42 bits per heavy atom. The molecule has 2 N–H and O–H groups in total. The smallest absolute Gasteiger partial charge is 0.0536 e. The van der Waals surface area contributed by atoms with E-state index in [9.17, 15) is 0 Å². The van der Waals surface area contributed by atoms with Crippen molar-refractivity contribution in [3.63, 3.8) is 0 Å². The Morgan fingerprint density at radius 2 is 2.33 bits per heavy atom. The maximum absolute atomic E-state index is 5.52. The number of hydrogen-bond acceptors (Lipinski definition) is 3. The third-order valence-corrected chi connectivity index (χ3v) is 3.15. The van der Waals surface area contributed by atoms with Gasteiger partial charge in [0, 0.05) is 31.7 Å². The zero-order valence-corrected chi connectivity index (χ0v) is 7.59. The van der Waals surface area contributed by atoms with E-state index >= 15 is 0 Å². The summed E-state index contributed by atoms with van der Waals surface area (Å²) in [4.78, 5) is 2.47. The van der Waals surface area contributed by atoms with Crippen LogP contribution in [0.3, 0.4) is 0 Å². The molecule has 2 heterocycles. The van der Waals surface area contributed by atoms with Crippen LogP contribution in [0, 0.1) is 5.41 Å². The zero-order valence-electron chi connectivity index (χ0n) is 7.59. The van der Waals surface area contributed by atoms with E-state index in [0.717, 1.165) is 26.3 Å². The Hall–Kier alpha value is -0.120. The van der Waals surface area contributed by atoms with Gasteiger partial charge in [-0.1, -0.05) is 0 Å². The fourth-order valence-electron chi connectivity index (χ4n) is 2.37. The van der Waals surface area contributed by atoms with Gasteiger partial charge >= 0.3 is 0 Å². The highest BCUT2D eigenvalue weighted by molar-refractivity contribution is 4.92. The Bertz CT molecular complexity index is 155. The van der Waals surface area contributed by atoms with Crippen LogP contribution in [0.1, 0.15) is 12.8 Å². The number of nitrogens with zero attached hydrogens (tertiary/aromatic N) is 1. The molecule has 2 aliphatic heterocycles. The molecule has 0 saturated carbocycles. The van der Waals surface area contributed by atoms with Crippen molar-refractivity contribution in [1.29, 1.82) is 0 Å². The summed E-state index contributed by atoms with van der Waals surface area (Å²) >= 11 is 0. The van der Waals surface area contributed by atoms with Gasteiger partial charge in [0.2, 0.25) is 0 Å². The molecule has 70 valence electrons. The molecule has 1 atom stereocenters. The molecule has 0 aromatic rings. The largest absolute Gasteiger partial charge is 0.381 e. The lowest BCUT2D eigenvalue weighted by Crippen LogP contribution is -2.31. The highest BCUT2D eigenvalue weighted by Gasteiger charge is 2.40. The molecule has 3 nitrogen and oxygen atoms in total. The SMILES string of the molecule is NCCN1CCC2(CCOC2)C1. The van der Waals surface area contributed by atoms with Crippen LogP contribution in [0.5, 0.6) is 0 Å². The molecule has 3 heteroatoms. The first kappa shape index (κ1) is 8.48. The third-order valence-electron chi connectivity index (χ3n) is 3.15. The topological polar surface area (TPSA) is 38.5 Å². The summed E-state index contributed by atoms with van der Waals surface area (Å²) in [7, 11) is 0. The van der Waals surface area contributed by atoms with Gasteiger partial charge in [0.05, 0.1) is 6.61 Å². The molecular formula is C9H18N2O. The molecule has 0 aromatic heterocycles. The summed E-state index contributed by atoms with van der Waals surface area (Å²) in [5, 5.41) is 0. The van der Waals surface area contributed by atoms with Gasteiger partial charge in [0.1, 0.15) is 0 Å². The Morgan fingerprint density at radius 3 is 3.00 bits per heavy atom. The molecule has 2 aliphatic rings. The molecule has 1 spiro atoms. The number of hydrogen-bond donors (Lipinski definition) is 1. The van der Waals surface area contributed by atoms with Gasteiger partial charge in [-0.3, -0.25) is 0 Å². The molecule has 0 bridgehead atoms. The second-order valence-corrected chi connectivity index (χ2v) is 4.12. The van der Waals surface area contributed by atoms with Crippen LogP contribution in [-0.2, 0) is 4.74 Å². The minimum atomic E-state index is 0.509. The normalized spacial score (nSPS) is 36.8. The molecule has 0 aromatic carbocycles. The van der Waals surface area contributed by atoms with E-state index in [4.69, 9.17) is 10.5 Å². The number of ether oxygens (including phenoxy) is 1. The van der Waals surface area contributed by atoms with E-state index in [0.29, 0.717) is 5.41 Å². The number of rotatable bonds is 2. The van der Waals surface area contributed by atoms with Gasteiger partial charge in [0.15, 0.2) is 0 Å². The fraction of sp³-hybridized carbons (Fsp3) is 1.00. The molecule has 2 rings (SSSR count). The van der Waals surface area contributed by atoms with Crippen molar-refractivity contribution < 1.29 is 4.74 Å². The minimum absolute atomic E-state index is 0.509. The van der Waals surface area contributed by atoms with Crippen LogP contribution in [0.15, 0.2) is 0 Å². The summed E-state index contributed by atoms with van der Waals surface area (Å²) in [6.45, 7) is 6.23. The summed E-state index contributed by atoms with van der Waals surface area (Å²) < 4.78 is 5.45. The first-order chi connectivity index (χ1) is 5.85. The van der Waals surface area contributed by atoms with Crippen molar-refractivity contribution in [2.75, 3.05) is 39.4 Å². The van der Waals surface area contributed by atoms with E-state index in [1.54, 1.807) is 0 Å². The van der Waals surface area contributed by atoms with E-state index < -0.39 is 0 Å². The van der Waals surface area contributed by atoms with Crippen molar-refractivity contribution in [3.05, 3.63) is 0 Å². The maximum atomic E-state index is 5.52. The second kappa shape index (κ2) is 3.32. The van der Waals surface area contributed by atoms with Crippen LogP contribution in [0.2, 0.25) is 0 Å². The first-order valence-corrected chi connectivity index (χ1v) is 4.85. The number of nitrogens with two attached hydrogens (primary N) is 1. The highest BCUT2D eigenvalue weighted by Crippen LogP contribution is 2.37. The molecule has 12 heavy (non-hydrogen) atoms. The molecule has 0 aliphatic carbocycles. The van der Waals surface area contributed by atoms with E-state index in [1.165, 1.54) is 25.9 Å². The Balaban J connectivity index is 1.88. The van der Waals surface area contributed by atoms with Crippen molar-refractivity contribution >= 4 is 0 Å². The average molecular weight is 170 g/mol. The number of likely N-dealkylation sites (tertiary alicyclic amines) is 1. The maximum Gasteiger partial charge on any atom is 0.0536 e. The van der Waals surface area contributed by atoms with Crippen molar-refractivity contribution in [2.45, 2.75) is 12.8 Å². The minimum Gasteiger partial charge on any atom is -0.381 e. The molecule has 0 amide bonds. The quantitative estimate of drug-likeness (QED) is 0.637. The predicted molar refractivity (Wildman–Crippen MR) is 48.0 cm³/mol. The zero-order chi connectivity index (χ0) is 8.44. The molecular weight excluding hydrogens is 152 g/mol. The van der Waals surface area contributed by atoms with Crippen molar-refractivity contribution in [2.24, 2.45) is 11.1 Å². The standard InChI is InChI=1S/C9H18N2O/c10-3-5-11-4-1-9(7-11)2-6-12-8-9/h1-8,10H2. The third kappa shape index (κ3) is 1.49. The van der Waals surface area contributed by atoms with Crippen LogP contribution in [-0.4, -0.2) is 44.3 Å². The average Bonchev–Trinajstić information content (AvgIpc) is 2.65. The van der Waals surface area contributed by atoms with Crippen molar-refractivity contribution in [1.82, 2.24) is 4.90 Å². The van der Waals surface area contributed by atoms with Crippen LogP contribution in [0.25, 0.3) is 0 Å². The lowest BCUT2D eigenvalue weighted by atomic mass is 9.87. The lowest BCUT2D eigenvalue weighted by molar-refractivity contribution is 0.152. The highest BCUT2D eigenvalue weighted by atomic mass is 16.5. The molecule has 1 unspecified atom stereocenters. The fourth-order valence-corrected chi connectivity index (χ4v) is 2.37. The Labute approximate surface area is 73.9 Å². The molecule has 2 fully saturated rings. The van der Waals surface area contributed by atoms with E-state index in [1.807, 2.05) is 0 Å². The predicted octanol–water partition coefficient (Wildman–Crippen LogP) is 0.0575. The van der Waals surface area contributed by atoms with E-state index in [2.05, 4.69) is 4.90 Å². The molecule has 0 radical (unpaired) electrons. The first-order valence-electron chi connectivity index (χ1n) is 4.85.